The van der Waals surface area contributed by atoms with Gasteiger partial charge in [-0.2, -0.15) is 0 Å². The third-order valence-corrected chi connectivity index (χ3v) is 4.30. The van der Waals surface area contributed by atoms with Crippen molar-refractivity contribution in [3.8, 4) is 10.4 Å². The predicted octanol–water partition coefficient (Wildman–Crippen LogP) is 2.73. The van der Waals surface area contributed by atoms with Gasteiger partial charge in [0.1, 0.15) is 0 Å². The fourth-order valence-corrected chi connectivity index (χ4v) is 3.10. The summed E-state index contributed by atoms with van der Waals surface area (Å²) in [5.74, 6) is 0.0151. The Kier molecular flexibility index (Phi) is 4.65. The second-order valence-electron chi connectivity index (χ2n) is 5.04. The number of ether oxygens (including phenoxy) is 1. The molecule has 1 aliphatic rings. The number of rotatable bonds is 4. The van der Waals surface area contributed by atoms with Gasteiger partial charge in [-0.3, -0.25) is 4.79 Å². The van der Waals surface area contributed by atoms with Crippen LogP contribution in [0.1, 0.15) is 6.42 Å². The van der Waals surface area contributed by atoms with Crippen molar-refractivity contribution in [2.75, 3.05) is 25.1 Å². The monoisotopic (exact) mass is 302 g/mol. The fourth-order valence-electron chi connectivity index (χ4n) is 2.38. The van der Waals surface area contributed by atoms with E-state index in [1.54, 1.807) is 11.3 Å². The summed E-state index contributed by atoms with van der Waals surface area (Å²) >= 11 is 1.69. The van der Waals surface area contributed by atoms with Gasteiger partial charge in [0.15, 0.2) is 0 Å². The van der Waals surface area contributed by atoms with E-state index in [1.165, 1.54) is 4.88 Å². The summed E-state index contributed by atoms with van der Waals surface area (Å²) in [4.78, 5) is 13.3. The number of morpholine rings is 1. The number of carbonyl (C=O) groups is 1. The smallest absolute Gasteiger partial charge is 0.226 e. The number of carbonyl (C=O) groups excluding carboxylic acids is 1. The first-order valence-corrected chi connectivity index (χ1v) is 7.94. The number of anilines is 1. The highest BCUT2D eigenvalue weighted by atomic mass is 32.1. The molecule has 0 aliphatic carbocycles. The molecule has 1 aromatic carbocycles. The molecule has 1 atom stereocenters. The number of amides is 1. The minimum atomic E-state index is 0.0151. The van der Waals surface area contributed by atoms with Crippen LogP contribution in [0.25, 0.3) is 10.4 Å². The summed E-state index contributed by atoms with van der Waals surface area (Å²) in [5, 5.41) is 8.30. The second kappa shape index (κ2) is 6.85. The minimum absolute atomic E-state index is 0.0151. The molecule has 1 amide bonds. The molecule has 4 nitrogen and oxygen atoms in total. The predicted molar refractivity (Wildman–Crippen MR) is 85.6 cm³/mol. The molecule has 1 saturated heterocycles. The Balaban J connectivity index is 1.62. The van der Waals surface area contributed by atoms with Gasteiger partial charge in [0.25, 0.3) is 0 Å². The van der Waals surface area contributed by atoms with E-state index in [2.05, 4.69) is 28.1 Å². The van der Waals surface area contributed by atoms with Crippen LogP contribution in [0.5, 0.6) is 0 Å². The highest BCUT2D eigenvalue weighted by molar-refractivity contribution is 7.13. The molecule has 5 heteroatoms. The van der Waals surface area contributed by atoms with Crippen molar-refractivity contribution in [3.63, 3.8) is 0 Å². The van der Waals surface area contributed by atoms with Crippen molar-refractivity contribution in [1.82, 2.24) is 5.32 Å². The Morgan fingerprint density at radius 3 is 3.10 bits per heavy atom. The zero-order valence-corrected chi connectivity index (χ0v) is 12.5. The van der Waals surface area contributed by atoms with Gasteiger partial charge in [-0.05, 0) is 29.1 Å². The summed E-state index contributed by atoms with van der Waals surface area (Å²) in [6.45, 7) is 2.13. The topological polar surface area (TPSA) is 50.4 Å². The van der Waals surface area contributed by atoms with E-state index in [0.29, 0.717) is 13.0 Å². The molecule has 1 aromatic heterocycles. The summed E-state index contributed by atoms with van der Waals surface area (Å²) in [6.07, 6.45) is 0.434. The van der Waals surface area contributed by atoms with Crippen LogP contribution in [0.3, 0.4) is 0 Å². The highest BCUT2D eigenvalue weighted by Crippen LogP contribution is 2.26. The molecule has 21 heavy (non-hydrogen) atoms. The Labute approximate surface area is 128 Å². The van der Waals surface area contributed by atoms with Crippen molar-refractivity contribution in [2.45, 2.75) is 12.5 Å². The summed E-state index contributed by atoms with van der Waals surface area (Å²) in [7, 11) is 0. The number of hydrogen-bond acceptors (Lipinski definition) is 4. The molecule has 0 bridgehead atoms. The lowest BCUT2D eigenvalue weighted by molar-refractivity contribution is -0.117. The van der Waals surface area contributed by atoms with Gasteiger partial charge < -0.3 is 15.4 Å². The Bertz CT molecular complexity index is 592. The van der Waals surface area contributed by atoms with Crippen molar-refractivity contribution >= 4 is 22.9 Å². The maximum atomic E-state index is 12.1. The quantitative estimate of drug-likeness (QED) is 0.913. The van der Waals surface area contributed by atoms with Gasteiger partial charge in [-0.25, -0.2) is 0 Å². The molecular weight excluding hydrogens is 284 g/mol. The highest BCUT2D eigenvalue weighted by Gasteiger charge is 2.16. The first-order chi connectivity index (χ1) is 10.3. The standard InChI is InChI=1S/C16H18N2O2S/c19-16(10-14-11-20-7-6-17-14)18-13-4-1-3-12(9-13)15-5-2-8-21-15/h1-5,8-9,14,17H,6-7,10-11H2,(H,18,19). The fraction of sp³-hybridized carbons (Fsp3) is 0.312. The molecule has 1 aliphatic heterocycles. The number of thiophene rings is 1. The molecule has 2 aromatic rings. The zero-order chi connectivity index (χ0) is 14.5. The normalized spacial score (nSPS) is 18.4. The molecule has 1 unspecified atom stereocenters. The second-order valence-corrected chi connectivity index (χ2v) is 5.98. The maximum Gasteiger partial charge on any atom is 0.226 e. The molecule has 1 fully saturated rings. The molecule has 2 heterocycles. The van der Waals surface area contributed by atoms with E-state index in [1.807, 2.05) is 24.3 Å². The third-order valence-electron chi connectivity index (χ3n) is 3.38. The number of hydrogen-bond donors (Lipinski definition) is 2. The number of benzene rings is 1. The van der Waals surface area contributed by atoms with Crippen LogP contribution in [0.4, 0.5) is 5.69 Å². The molecule has 2 N–H and O–H groups in total. The Morgan fingerprint density at radius 1 is 1.38 bits per heavy atom. The molecule has 3 rings (SSSR count). The van der Waals surface area contributed by atoms with Gasteiger partial charge in [-0.15, -0.1) is 11.3 Å². The third kappa shape index (κ3) is 3.91. The lowest BCUT2D eigenvalue weighted by Gasteiger charge is -2.23. The van der Waals surface area contributed by atoms with Gasteiger partial charge >= 0.3 is 0 Å². The zero-order valence-electron chi connectivity index (χ0n) is 11.7. The Morgan fingerprint density at radius 2 is 2.33 bits per heavy atom. The molecule has 0 radical (unpaired) electrons. The van der Waals surface area contributed by atoms with Gasteiger partial charge in [0.05, 0.1) is 13.2 Å². The molecule has 0 spiro atoms. The van der Waals surface area contributed by atoms with Crippen LogP contribution in [0.2, 0.25) is 0 Å². The SMILES string of the molecule is O=C(CC1COCCN1)Nc1cccc(-c2cccs2)c1. The molecule has 0 saturated carbocycles. The van der Waals surface area contributed by atoms with Crippen LogP contribution < -0.4 is 10.6 Å². The largest absolute Gasteiger partial charge is 0.378 e. The van der Waals surface area contributed by atoms with Crippen LogP contribution in [0.15, 0.2) is 41.8 Å². The lowest BCUT2D eigenvalue weighted by atomic mass is 10.1. The van der Waals surface area contributed by atoms with Gasteiger partial charge in [0, 0.05) is 29.6 Å². The van der Waals surface area contributed by atoms with Crippen molar-refractivity contribution < 1.29 is 9.53 Å². The van der Waals surface area contributed by atoms with Gasteiger partial charge in [0.2, 0.25) is 5.91 Å². The van der Waals surface area contributed by atoms with Crippen molar-refractivity contribution in [2.24, 2.45) is 0 Å². The molecular formula is C16H18N2O2S. The number of nitrogens with one attached hydrogen (secondary N) is 2. The van der Waals surface area contributed by atoms with Crippen molar-refractivity contribution in [3.05, 3.63) is 41.8 Å². The van der Waals surface area contributed by atoms with E-state index in [9.17, 15) is 4.79 Å². The minimum Gasteiger partial charge on any atom is -0.378 e. The average molecular weight is 302 g/mol. The van der Waals surface area contributed by atoms with Crippen LogP contribution >= 0.6 is 11.3 Å². The molecule has 110 valence electrons. The average Bonchev–Trinajstić information content (AvgIpc) is 3.02. The summed E-state index contributed by atoms with van der Waals surface area (Å²) in [5.41, 5.74) is 1.96. The summed E-state index contributed by atoms with van der Waals surface area (Å²) < 4.78 is 5.36. The first-order valence-electron chi connectivity index (χ1n) is 7.06. The van der Waals surface area contributed by atoms with Crippen LogP contribution in [0, 0.1) is 0 Å². The van der Waals surface area contributed by atoms with E-state index in [0.717, 1.165) is 24.4 Å². The maximum absolute atomic E-state index is 12.1. The van der Waals surface area contributed by atoms with Crippen LogP contribution in [-0.4, -0.2) is 31.7 Å². The van der Waals surface area contributed by atoms with Crippen LogP contribution in [-0.2, 0) is 9.53 Å². The van der Waals surface area contributed by atoms with E-state index in [-0.39, 0.29) is 11.9 Å². The lowest BCUT2D eigenvalue weighted by Crippen LogP contribution is -2.43. The van der Waals surface area contributed by atoms with E-state index in [4.69, 9.17) is 4.74 Å². The summed E-state index contributed by atoms with van der Waals surface area (Å²) in [6, 6.07) is 12.2. The first kappa shape index (κ1) is 14.3. The van der Waals surface area contributed by atoms with Crippen molar-refractivity contribution in [1.29, 1.82) is 0 Å². The van der Waals surface area contributed by atoms with E-state index >= 15 is 0 Å². The van der Waals surface area contributed by atoms with E-state index < -0.39 is 0 Å². The van der Waals surface area contributed by atoms with Gasteiger partial charge in [-0.1, -0.05) is 18.2 Å². The Hall–Kier alpha value is -1.69.